The maximum atomic E-state index is 11.9. The molecule has 0 aliphatic carbocycles. The van der Waals surface area contributed by atoms with Crippen molar-refractivity contribution in [2.24, 2.45) is 0 Å². The van der Waals surface area contributed by atoms with Crippen molar-refractivity contribution in [1.82, 2.24) is 4.98 Å². The molecule has 0 radical (unpaired) electrons. The number of carbonyl (C=O) groups is 1. The lowest BCUT2D eigenvalue weighted by Gasteiger charge is -2.11. The third-order valence-corrected chi connectivity index (χ3v) is 3.01. The molecule has 0 fully saturated rings. The van der Waals surface area contributed by atoms with Gasteiger partial charge in [-0.05, 0) is 31.0 Å². The standard InChI is InChI=1S/C15H16N2O2/c1-9-4-5-10(2)11(6-9)13-8-17-14(16)7-12(13)15(18)19-3/h4-8H,1-3H3,(H2,16,17). The Morgan fingerprint density at radius 2 is 1.95 bits per heavy atom. The van der Waals surface area contributed by atoms with E-state index in [2.05, 4.69) is 4.98 Å². The van der Waals surface area contributed by atoms with Gasteiger partial charge in [-0.25, -0.2) is 9.78 Å². The number of hydrogen-bond acceptors (Lipinski definition) is 4. The van der Waals surface area contributed by atoms with Crippen LogP contribution in [0.25, 0.3) is 11.1 Å². The van der Waals surface area contributed by atoms with Crippen molar-refractivity contribution in [2.75, 3.05) is 12.8 Å². The summed E-state index contributed by atoms with van der Waals surface area (Å²) in [4.78, 5) is 15.9. The molecule has 0 aliphatic heterocycles. The molecule has 4 nitrogen and oxygen atoms in total. The molecule has 0 aliphatic rings. The van der Waals surface area contributed by atoms with E-state index < -0.39 is 5.97 Å². The Morgan fingerprint density at radius 3 is 2.63 bits per heavy atom. The van der Waals surface area contributed by atoms with Gasteiger partial charge >= 0.3 is 5.97 Å². The van der Waals surface area contributed by atoms with Crippen LogP contribution >= 0.6 is 0 Å². The minimum Gasteiger partial charge on any atom is -0.465 e. The summed E-state index contributed by atoms with van der Waals surface area (Å²) in [7, 11) is 1.35. The quantitative estimate of drug-likeness (QED) is 0.839. The first-order valence-electron chi connectivity index (χ1n) is 5.94. The number of hydrogen-bond donors (Lipinski definition) is 1. The van der Waals surface area contributed by atoms with E-state index in [9.17, 15) is 4.79 Å². The highest BCUT2D eigenvalue weighted by Gasteiger charge is 2.16. The average Bonchev–Trinajstić information content (AvgIpc) is 2.41. The van der Waals surface area contributed by atoms with E-state index in [1.165, 1.54) is 7.11 Å². The van der Waals surface area contributed by atoms with Crippen molar-refractivity contribution in [2.45, 2.75) is 13.8 Å². The molecule has 1 aromatic carbocycles. The average molecular weight is 256 g/mol. The van der Waals surface area contributed by atoms with E-state index >= 15 is 0 Å². The Hall–Kier alpha value is -2.36. The molecular formula is C15H16N2O2. The summed E-state index contributed by atoms with van der Waals surface area (Å²) in [5.41, 5.74) is 9.98. The van der Waals surface area contributed by atoms with Crippen LogP contribution in [0.5, 0.6) is 0 Å². The van der Waals surface area contributed by atoms with Crippen LogP contribution in [0.15, 0.2) is 30.5 Å². The zero-order valence-corrected chi connectivity index (χ0v) is 11.2. The summed E-state index contributed by atoms with van der Waals surface area (Å²) in [6, 6.07) is 7.61. The molecule has 0 saturated heterocycles. The molecule has 0 saturated carbocycles. The lowest BCUT2D eigenvalue weighted by atomic mass is 9.96. The van der Waals surface area contributed by atoms with E-state index in [1.807, 2.05) is 32.0 Å². The van der Waals surface area contributed by atoms with Crippen molar-refractivity contribution in [3.05, 3.63) is 47.2 Å². The predicted molar refractivity (Wildman–Crippen MR) is 74.9 cm³/mol. The maximum Gasteiger partial charge on any atom is 0.338 e. The molecule has 19 heavy (non-hydrogen) atoms. The highest BCUT2D eigenvalue weighted by atomic mass is 16.5. The van der Waals surface area contributed by atoms with Gasteiger partial charge in [-0.1, -0.05) is 23.8 Å². The number of aryl methyl sites for hydroxylation is 2. The van der Waals surface area contributed by atoms with E-state index in [0.717, 1.165) is 22.3 Å². The number of esters is 1. The van der Waals surface area contributed by atoms with Crippen molar-refractivity contribution < 1.29 is 9.53 Å². The smallest absolute Gasteiger partial charge is 0.338 e. The molecular weight excluding hydrogens is 240 g/mol. The van der Waals surface area contributed by atoms with Crippen molar-refractivity contribution in [1.29, 1.82) is 0 Å². The molecule has 2 aromatic rings. The summed E-state index contributed by atoms with van der Waals surface area (Å²) in [6.45, 7) is 4.00. The second-order valence-corrected chi connectivity index (χ2v) is 4.46. The number of nitrogens with two attached hydrogens (primary N) is 1. The third-order valence-electron chi connectivity index (χ3n) is 3.01. The van der Waals surface area contributed by atoms with Crippen molar-refractivity contribution >= 4 is 11.8 Å². The van der Waals surface area contributed by atoms with Gasteiger partial charge in [-0.2, -0.15) is 0 Å². The summed E-state index contributed by atoms with van der Waals surface area (Å²) >= 11 is 0. The van der Waals surface area contributed by atoms with Gasteiger partial charge in [0.25, 0.3) is 0 Å². The maximum absolute atomic E-state index is 11.9. The monoisotopic (exact) mass is 256 g/mol. The minimum atomic E-state index is -0.412. The summed E-state index contributed by atoms with van der Waals surface area (Å²) < 4.78 is 4.80. The number of aromatic nitrogens is 1. The molecule has 0 unspecified atom stereocenters. The number of ether oxygens (including phenoxy) is 1. The molecule has 0 amide bonds. The molecule has 0 bridgehead atoms. The van der Waals surface area contributed by atoms with Gasteiger partial charge in [-0.3, -0.25) is 0 Å². The van der Waals surface area contributed by atoms with Crippen LogP contribution in [-0.4, -0.2) is 18.1 Å². The molecule has 98 valence electrons. The van der Waals surface area contributed by atoms with E-state index in [0.29, 0.717) is 11.4 Å². The Kier molecular flexibility index (Phi) is 3.51. The number of nitrogen functional groups attached to an aromatic ring is 1. The van der Waals surface area contributed by atoms with Gasteiger partial charge in [0.1, 0.15) is 5.82 Å². The molecule has 1 aromatic heterocycles. The van der Waals surface area contributed by atoms with Crippen LogP contribution < -0.4 is 5.73 Å². The van der Waals surface area contributed by atoms with Gasteiger partial charge in [0.05, 0.1) is 12.7 Å². The van der Waals surface area contributed by atoms with Gasteiger partial charge in [0.15, 0.2) is 0 Å². The van der Waals surface area contributed by atoms with Crippen molar-refractivity contribution in [3.63, 3.8) is 0 Å². The zero-order valence-electron chi connectivity index (χ0n) is 11.2. The fourth-order valence-electron chi connectivity index (χ4n) is 1.99. The number of carbonyl (C=O) groups excluding carboxylic acids is 1. The number of methoxy groups -OCH3 is 1. The van der Waals surface area contributed by atoms with Crippen LogP contribution in [-0.2, 0) is 4.74 Å². The molecule has 2 rings (SSSR count). The lowest BCUT2D eigenvalue weighted by Crippen LogP contribution is -2.06. The highest BCUT2D eigenvalue weighted by Crippen LogP contribution is 2.28. The normalized spacial score (nSPS) is 10.3. The number of nitrogens with zero attached hydrogens (tertiary/aromatic N) is 1. The van der Waals surface area contributed by atoms with Crippen LogP contribution in [0.1, 0.15) is 21.5 Å². The first kappa shape index (κ1) is 13.1. The lowest BCUT2D eigenvalue weighted by molar-refractivity contribution is 0.0601. The number of rotatable bonds is 2. The van der Waals surface area contributed by atoms with Gasteiger partial charge in [0, 0.05) is 11.8 Å². The molecule has 4 heteroatoms. The SMILES string of the molecule is COC(=O)c1cc(N)ncc1-c1cc(C)ccc1C. The van der Waals surface area contributed by atoms with Gasteiger partial charge in [0.2, 0.25) is 0 Å². The van der Waals surface area contributed by atoms with Crippen LogP contribution in [0, 0.1) is 13.8 Å². The van der Waals surface area contributed by atoms with Crippen molar-refractivity contribution in [3.8, 4) is 11.1 Å². The number of anilines is 1. The van der Waals surface area contributed by atoms with Crippen LogP contribution in [0.3, 0.4) is 0 Å². The largest absolute Gasteiger partial charge is 0.465 e. The zero-order chi connectivity index (χ0) is 14.0. The molecule has 0 spiro atoms. The van der Waals surface area contributed by atoms with Gasteiger partial charge < -0.3 is 10.5 Å². The molecule has 1 heterocycles. The summed E-state index contributed by atoms with van der Waals surface area (Å²) in [6.07, 6.45) is 1.61. The second-order valence-electron chi connectivity index (χ2n) is 4.46. The predicted octanol–water partition coefficient (Wildman–Crippen LogP) is 2.73. The Bertz CT molecular complexity index is 636. The van der Waals surface area contributed by atoms with E-state index in [1.54, 1.807) is 12.3 Å². The topological polar surface area (TPSA) is 65.2 Å². The van der Waals surface area contributed by atoms with Crippen LogP contribution in [0.2, 0.25) is 0 Å². The second kappa shape index (κ2) is 5.10. The fraction of sp³-hybridized carbons (Fsp3) is 0.200. The first-order chi connectivity index (χ1) is 9.02. The highest BCUT2D eigenvalue weighted by molar-refractivity contribution is 5.98. The number of pyridine rings is 1. The first-order valence-corrected chi connectivity index (χ1v) is 5.94. The Labute approximate surface area is 112 Å². The minimum absolute atomic E-state index is 0.300. The Balaban J connectivity index is 2.68. The van der Waals surface area contributed by atoms with Crippen LogP contribution in [0.4, 0.5) is 5.82 Å². The molecule has 2 N–H and O–H groups in total. The van der Waals surface area contributed by atoms with E-state index in [-0.39, 0.29) is 0 Å². The molecule has 0 atom stereocenters. The summed E-state index contributed by atoms with van der Waals surface area (Å²) in [5.74, 6) is -0.112. The number of benzene rings is 1. The van der Waals surface area contributed by atoms with Gasteiger partial charge in [-0.15, -0.1) is 0 Å². The third kappa shape index (κ3) is 2.57. The van der Waals surface area contributed by atoms with E-state index in [4.69, 9.17) is 10.5 Å². The summed E-state index contributed by atoms with van der Waals surface area (Å²) in [5, 5.41) is 0. The Morgan fingerprint density at radius 1 is 1.21 bits per heavy atom. The fourth-order valence-corrected chi connectivity index (χ4v) is 1.99.